The molecule has 1 saturated carbocycles. The first-order valence-corrected chi connectivity index (χ1v) is 9.34. The first-order valence-electron chi connectivity index (χ1n) is 9.34. The van der Waals surface area contributed by atoms with Gasteiger partial charge in [0.25, 0.3) is 0 Å². The SMILES string of the molecule is O=C(OCCC1CCC(OC(=O)c2ccccc2)CC1)c1ccc(O)cc1. The Morgan fingerprint density at radius 1 is 0.852 bits per heavy atom. The Labute approximate surface area is 158 Å². The van der Waals surface area contributed by atoms with Gasteiger partial charge in [0, 0.05) is 0 Å². The topological polar surface area (TPSA) is 72.8 Å². The Kier molecular flexibility index (Phi) is 6.47. The summed E-state index contributed by atoms with van der Waals surface area (Å²) in [7, 11) is 0. The molecule has 0 radical (unpaired) electrons. The molecule has 5 nitrogen and oxygen atoms in total. The molecule has 0 bridgehead atoms. The van der Waals surface area contributed by atoms with E-state index in [0.29, 0.717) is 23.7 Å². The van der Waals surface area contributed by atoms with Crippen LogP contribution >= 0.6 is 0 Å². The molecule has 1 aliphatic rings. The molecule has 1 N–H and O–H groups in total. The number of aromatic hydroxyl groups is 1. The van der Waals surface area contributed by atoms with Gasteiger partial charge in [-0.15, -0.1) is 0 Å². The first kappa shape index (κ1) is 19.0. The number of hydrogen-bond donors (Lipinski definition) is 1. The number of esters is 2. The van der Waals surface area contributed by atoms with E-state index in [9.17, 15) is 14.7 Å². The average Bonchev–Trinajstić information content (AvgIpc) is 2.70. The second-order valence-electron chi connectivity index (χ2n) is 6.89. The van der Waals surface area contributed by atoms with E-state index in [1.807, 2.05) is 18.2 Å². The molecule has 27 heavy (non-hydrogen) atoms. The summed E-state index contributed by atoms with van der Waals surface area (Å²) in [5.74, 6) is -0.0390. The van der Waals surface area contributed by atoms with E-state index in [4.69, 9.17) is 9.47 Å². The van der Waals surface area contributed by atoms with Crippen molar-refractivity contribution >= 4 is 11.9 Å². The smallest absolute Gasteiger partial charge is 0.338 e. The van der Waals surface area contributed by atoms with Gasteiger partial charge in [0.15, 0.2) is 0 Å². The van der Waals surface area contributed by atoms with E-state index in [1.54, 1.807) is 24.3 Å². The Morgan fingerprint density at radius 3 is 2.15 bits per heavy atom. The molecule has 0 atom stereocenters. The summed E-state index contributed by atoms with van der Waals surface area (Å²) in [5.41, 5.74) is 1.02. The number of carbonyl (C=O) groups excluding carboxylic acids is 2. The number of benzene rings is 2. The first-order chi connectivity index (χ1) is 13.1. The Hall–Kier alpha value is -2.82. The van der Waals surface area contributed by atoms with Crippen LogP contribution < -0.4 is 0 Å². The fourth-order valence-electron chi connectivity index (χ4n) is 3.33. The highest BCUT2D eigenvalue weighted by Gasteiger charge is 2.24. The molecule has 0 amide bonds. The lowest BCUT2D eigenvalue weighted by atomic mass is 9.85. The third-order valence-corrected chi connectivity index (χ3v) is 4.94. The van der Waals surface area contributed by atoms with Crippen LogP contribution in [-0.4, -0.2) is 29.8 Å². The molecule has 0 spiro atoms. The highest BCUT2D eigenvalue weighted by Crippen LogP contribution is 2.29. The molecule has 1 fully saturated rings. The molecular weight excluding hydrogens is 344 g/mol. The maximum absolute atomic E-state index is 12.1. The van der Waals surface area contributed by atoms with E-state index in [2.05, 4.69) is 0 Å². The van der Waals surface area contributed by atoms with Gasteiger partial charge in [-0.25, -0.2) is 9.59 Å². The zero-order chi connectivity index (χ0) is 19.1. The fraction of sp³-hybridized carbons (Fsp3) is 0.364. The highest BCUT2D eigenvalue weighted by atomic mass is 16.5. The minimum absolute atomic E-state index is 0.0338. The van der Waals surface area contributed by atoms with E-state index < -0.39 is 0 Å². The van der Waals surface area contributed by atoms with Crippen molar-refractivity contribution in [2.75, 3.05) is 6.61 Å². The van der Waals surface area contributed by atoms with Crippen molar-refractivity contribution in [1.29, 1.82) is 0 Å². The van der Waals surface area contributed by atoms with Gasteiger partial charge >= 0.3 is 11.9 Å². The molecule has 0 aromatic heterocycles. The molecule has 0 heterocycles. The summed E-state index contributed by atoms with van der Waals surface area (Å²) in [6, 6.07) is 15.1. The van der Waals surface area contributed by atoms with Crippen molar-refractivity contribution in [1.82, 2.24) is 0 Å². The van der Waals surface area contributed by atoms with Crippen molar-refractivity contribution < 1.29 is 24.2 Å². The predicted molar refractivity (Wildman–Crippen MR) is 101 cm³/mol. The number of carbonyl (C=O) groups is 2. The molecule has 1 aliphatic carbocycles. The van der Waals surface area contributed by atoms with Crippen LogP contribution in [0.2, 0.25) is 0 Å². The van der Waals surface area contributed by atoms with E-state index >= 15 is 0 Å². The lowest BCUT2D eigenvalue weighted by molar-refractivity contribution is 0.0138. The molecule has 5 heteroatoms. The summed E-state index contributed by atoms with van der Waals surface area (Å²) in [4.78, 5) is 24.0. The van der Waals surface area contributed by atoms with Crippen LogP contribution in [0.5, 0.6) is 5.75 Å². The van der Waals surface area contributed by atoms with Gasteiger partial charge in [0.2, 0.25) is 0 Å². The zero-order valence-electron chi connectivity index (χ0n) is 15.2. The lowest BCUT2D eigenvalue weighted by Crippen LogP contribution is -2.25. The van der Waals surface area contributed by atoms with Crippen LogP contribution in [-0.2, 0) is 9.47 Å². The average molecular weight is 368 g/mol. The Balaban J connectivity index is 1.35. The summed E-state index contributed by atoms with van der Waals surface area (Å²) in [6.45, 7) is 0.374. The number of phenols is 1. The van der Waals surface area contributed by atoms with Crippen LogP contribution in [0.15, 0.2) is 54.6 Å². The van der Waals surface area contributed by atoms with Crippen LogP contribution in [0.3, 0.4) is 0 Å². The maximum Gasteiger partial charge on any atom is 0.338 e. The Bertz CT molecular complexity index is 746. The fourth-order valence-corrected chi connectivity index (χ4v) is 3.33. The normalized spacial score (nSPS) is 19.3. The van der Waals surface area contributed by atoms with Gasteiger partial charge in [-0.05, 0) is 74.4 Å². The standard InChI is InChI=1S/C22H24O5/c23-19-10-8-18(9-11-19)21(24)26-15-14-16-6-12-20(13-7-16)27-22(25)17-4-2-1-3-5-17/h1-5,8-11,16,20,23H,6-7,12-15H2. The number of ether oxygens (including phenoxy) is 2. The zero-order valence-corrected chi connectivity index (χ0v) is 15.2. The lowest BCUT2D eigenvalue weighted by Gasteiger charge is -2.28. The van der Waals surface area contributed by atoms with Crippen LogP contribution in [0.1, 0.15) is 52.8 Å². The van der Waals surface area contributed by atoms with Gasteiger partial charge < -0.3 is 14.6 Å². The minimum atomic E-state index is -0.375. The summed E-state index contributed by atoms with van der Waals surface area (Å²) < 4.78 is 10.9. The molecule has 0 unspecified atom stereocenters. The van der Waals surface area contributed by atoms with E-state index in [0.717, 1.165) is 32.1 Å². The molecule has 0 aliphatic heterocycles. The van der Waals surface area contributed by atoms with Gasteiger partial charge in [-0.2, -0.15) is 0 Å². The van der Waals surface area contributed by atoms with Gasteiger partial charge in [0.05, 0.1) is 17.7 Å². The molecular formula is C22H24O5. The maximum atomic E-state index is 12.1. The molecule has 142 valence electrons. The molecule has 3 rings (SSSR count). The van der Waals surface area contributed by atoms with Crippen molar-refractivity contribution in [2.45, 2.75) is 38.2 Å². The van der Waals surface area contributed by atoms with Crippen LogP contribution in [0.25, 0.3) is 0 Å². The molecule has 2 aromatic rings. The Morgan fingerprint density at radius 2 is 1.48 bits per heavy atom. The van der Waals surface area contributed by atoms with Crippen LogP contribution in [0.4, 0.5) is 0 Å². The van der Waals surface area contributed by atoms with Crippen molar-refractivity contribution in [3.8, 4) is 5.75 Å². The number of rotatable bonds is 6. The number of phenolic OH excluding ortho intramolecular Hbond substituents is 1. The van der Waals surface area contributed by atoms with E-state index in [1.165, 1.54) is 12.1 Å². The van der Waals surface area contributed by atoms with Crippen LogP contribution in [0, 0.1) is 5.92 Å². The van der Waals surface area contributed by atoms with Crippen molar-refractivity contribution in [3.05, 3.63) is 65.7 Å². The van der Waals surface area contributed by atoms with Gasteiger partial charge in [-0.1, -0.05) is 18.2 Å². The quantitative estimate of drug-likeness (QED) is 0.767. The highest BCUT2D eigenvalue weighted by molar-refractivity contribution is 5.89. The summed E-state index contributed by atoms with van der Waals surface area (Å²) >= 11 is 0. The largest absolute Gasteiger partial charge is 0.508 e. The predicted octanol–water partition coefficient (Wildman–Crippen LogP) is 4.35. The molecule has 0 saturated heterocycles. The summed E-state index contributed by atoms with van der Waals surface area (Å²) in [6.07, 6.45) is 4.38. The summed E-state index contributed by atoms with van der Waals surface area (Å²) in [5, 5.41) is 9.24. The third kappa shape index (κ3) is 5.58. The third-order valence-electron chi connectivity index (χ3n) is 4.94. The van der Waals surface area contributed by atoms with E-state index in [-0.39, 0.29) is 23.8 Å². The van der Waals surface area contributed by atoms with Gasteiger partial charge in [-0.3, -0.25) is 0 Å². The second kappa shape index (κ2) is 9.21. The van der Waals surface area contributed by atoms with Gasteiger partial charge in [0.1, 0.15) is 11.9 Å². The monoisotopic (exact) mass is 368 g/mol. The number of hydrogen-bond acceptors (Lipinski definition) is 5. The minimum Gasteiger partial charge on any atom is -0.508 e. The second-order valence-corrected chi connectivity index (χ2v) is 6.89. The van der Waals surface area contributed by atoms with Crippen molar-refractivity contribution in [3.63, 3.8) is 0 Å². The molecule has 2 aromatic carbocycles. The van der Waals surface area contributed by atoms with Crippen molar-refractivity contribution in [2.24, 2.45) is 5.92 Å².